The van der Waals surface area contributed by atoms with Gasteiger partial charge in [-0.2, -0.15) is 5.10 Å². The average Bonchev–Trinajstić information content (AvgIpc) is 2.77. The molecule has 1 amide bonds. The fraction of sp³-hybridized carbons (Fsp3) is 0.130. The number of carbonyl (C=O) groups is 1. The van der Waals surface area contributed by atoms with Crippen molar-refractivity contribution in [2.45, 2.75) is 12.5 Å². The van der Waals surface area contributed by atoms with Crippen molar-refractivity contribution in [2.75, 3.05) is 11.9 Å². The Morgan fingerprint density at radius 2 is 1.61 bits per heavy atom. The molecule has 0 fully saturated rings. The highest BCUT2D eigenvalue weighted by Crippen LogP contribution is 2.34. The zero-order valence-electron chi connectivity index (χ0n) is 15.3. The van der Waals surface area contributed by atoms with E-state index in [1.165, 1.54) is 0 Å². The van der Waals surface area contributed by atoms with Crippen LogP contribution in [0.2, 0.25) is 0 Å². The van der Waals surface area contributed by atoms with Crippen molar-refractivity contribution in [1.82, 2.24) is 5.43 Å². The van der Waals surface area contributed by atoms with Gasteiger partial charge in [0.05, 0.1) is 12.3 Å². The van der Waals surface area contributed by atoms with Gasteiger partial charge in [-0.3, -0.25) is 4.79 Å². The Labute approximate surface area is 164 Å². The molecule has 4 rings (SSSR count). The van der Waals surface area contributed by atoms with Crippen LogP contribution in [0.15, 0.2) is 90.0 Å². The molecule has 5 nitrogen and oxygen atoms in total. The third kappa shape index (κ3) is 4.20. The molecule has 140 valence electrons. The maximum absolute atomic E-state index is 12.2. The normalized spacial score (nSPS) is 16.7. The zero-order valence-corrected chi connectivity index (χ0v) is 15.3. The van der Waals surface area contributed by atoms with Gasteiger partial charge in [-0.25, -0.2) is 5.43 Å². The van der Waals surface area contributed by atoms with E-state index in [0.29, 0.717) is 6.42 Å². The van der Waals surface area contributed by atoms with Crippen molar-refractivity contribution in [3.8, 4) is 5.75 Å². The van der Waals surface area contributed by atoms with E-state index in [-0.39, 0.29) is 18.6 Å². The molecule has 0 spiro atoms. The lowest BCUT2D eigenvalue weighted by Crippen LogP contribution is -2.29. The highest BCUT2D eigenvalue weighted by atomic mass is 16.5. The van der Waals surface area contributed by atoms with Crippen LogP contribution < -0.4 is 15.5 Å². The van der Waals surface area contributed by atoms with Gasteiger partial charge in [0.25, 0.3) is 5.91 Å². The molecule has 2 N–H and O–H groups in total. The number of nitrogens with zero attached hydrogens (tertiary/aromatic N) is 1. The largest absolute Gasteiger partial charge is 0.485 e. The van der Waals surface area contributed by atoms with Gasteiger partial charge in [0.2, 0.25) is 0 Å². The fourth-order valence-electron chi connectivity index (χ4n) is 3.16. The van der Waals surface area contributed by atoms with Crippen molar-refractivity contribution in [2.24, 2.45) is 5.10 Å². The van der Waals surface area contributed by atoms with Gasteiger partial charge < -0.3 is 10.1 Å². The minimum absolute atomic E-state index is 0.130. The maximum atomic E-state index is 12.2. The topological polar surface area (TPSA) is 62.7 Å². The van der Waals surface area contributed by atoms with Gasteiger partial charge in [-0.05, 0) is 29.8 Å². The Hall–Kier alpha value is -3.60. The van der Waals surface area contributed by atoms with Gasteiger partial charge in [0.1, 0.15) is 11.9 Å². The smallest absolute Gasteiger partial charge is 0.259 e. The van der Waals surface area contributed by atoms with Crippen LogP contribution >= 0.6 is 0 Å². The first-order valence-corrected chi connectivity index (χ1v) is 9.25. The molecule has 1 aliphatic rings. The first kappa shape index (κ1) is 17.8. The van der Waals surface area contributed by atoms with E-state index < -0.39 is 0 Å². The summed E-state index contributed by atoms with van der Waals surface area (Å²) >= 11 is 0. The standard InChI is InChI=1S/C23H21N3O2/c27-23(16-24-18-11-5-2-6-12-18)26-25-20-15-22(17-9-3-1-4-10-17)28-21-14-8-7-13-19(20)21/h1-14,22,24H,15-16H2,(H,26,27)/b25-20-/t22-/m0/s1. The summed E-state index contributed by atoms with van der Waals surface area (Å²) in [6.07, 6.45) is 0.460. The maximum Gasteiger partial charge on any atom is 0.259 e. The third-order valence-electron chi connectivity index (χ3n) is 4.56. The number of fused-ring (bicyclic) bond motifs is 1. The molecule has 0 saturated carbocycles. The molecule has 0 bridgehead atoms. The van der Waals surface area contributed by atoms with E-state index in [1.54, 1.807) is 0 Å². The van der Waals surface area contributed by atoms with E-state index in [0.717, 1.165) is 28.3 Å². The van der Waals surface area contributed by atoms with E-state index >= 15 is 0 Å². The van der Waals surface area contributed by atoms with Crippen LogP contribution in [0.25, 0.3) is 0 Å². The predicted molar refractivity (Wildman–Crippen MR) is 110 cm³/mol. The lowest BCUT2D eigenvalue weighted by molar-refractivity contribution is -0.119. The number of para-hydroxylation sites is 2. The SMILES string of the molecule is O=C(CNc1ccccc1)N/N=C1/C[C@@H](c2ccccc2)Oc2ccccc21. The number of rotatable bonds is 5. The molecule has 28 heavy (non-hydrogen) atoms. The summed E-state index contributed by atoms with van der Waals surface area (Å²) in [6, 6.07) is 27.4. The third-order valence-corrected chi connectivity index (χ3v) is 4.56. The summed E-state index contributed by atoms with van der Waals surface area (Å²) in [6.45, 7) is 0.154. The second-order valence-corrected chi connectivity index (χ2v) is 6.53. The van der Waals surface area contributed by atoms with E-state index in [2.05, 4.69) is 15.8 Å². The van der Waals surface area contributed by atoms with E-state index in [1.807, 2.05) is 84.9 Å². The molecule has 5 heteroatoms. The number of nitrogens with one attached hydrogen (secondary N) is 2. The quantitative estimate of drug-likeness (QED) is 0.663. The summed E-state index contributed by atoms with van der Waals surface area (Å²) < 4.78 is 6.15. The van der Waals surface area contributed by atoms with Crippen LogP contribution in [-0.4, -0.2) is 18.2 Å². The summed E-state index contributed by atoms with van der Waals surface area (Å²) in [4.78, 5) is 12.2. The molecule has 0 unspecified atom stereocenters. The van der Waals surface area contributed by atoms with Crippen molar-refractivity contribution in [3.05, 3.63) is 96.1 Å². The molecule has 0 radical (unpaired) electrons. The number of anilines is 1. The lowest BCUT2D eigenvalue weighted by atomic mass is 9.96. The number of carbonyl (C=O) groups excluding carboxylic acids is 1. The molecule has 1 atom stereocenters. The van der Waals surface area contributed by atoms with Crippen LogP contribution in [0.1, 0.15) is 23.7 Å². The summed E-state index contributed by atoms with van der Waals surface area (Å²) in [7, 11) is 0. The van der Waals surface area contributed by atoms with Crippen LogP contribution in [-0.2, 0) is 4.79 Å². The first-order valence-electron chi connectivity index (χ1n) is 9.25. The van der Waals surface area contributed by atoms with Gasteiger partial charge in [0, 0.05) is 17.7 Å². The Bertz CT molecular complexity index is 971. The zero-order chi connectivity index (χ0) is 19.2. The number of hydrogen-bond acceptors (Lipinski definition) is 4. The van der Waals surface area contributed by atoms with Crippen LogP contribution in [0.4, 0.5) is 5.69 Å². The monoisotopic (exact) mass is 371 g/mol. The molecule has 0 saturated heterocycles. The number of hydrogen-bond donors (Lipinski definition) is 2. The molecule has 0 aliphatic carbocycles. The highest BCUT2D eigenvalue weighted by Gasteiger charge is 2.26. The molecule has 3 aromatic carbocycles. The Balaban J connectivity index is 1.48. The average molecular weight is 371 g/mol. The minimum Gasteiger partial charge on any atom is -0.485 e. The predicted octanol–water partition coefficient (Wildman–Crippen LogP) is 4.14. The number of ether oxygens (including phenoxy) is 1. The lowest BCUT2D eigenvalue weighted by Gasteiger charge is -2.27. The Morgan fingerprint density at radius 1 is 0.929 bits per heavy atom. The molecule has 3 aromatic rings. The van der Waals surface area contributed by atoms with Crippen molar-refractivity contribution in [3.63, 3.8) is 0 Å². The van der Waals surface area contributed by atoms with Crippen molar-refractivity contribution >= 4 is 17.3 Å². The van der Waals surface area contributed by atoms with Gasteiger partial charge in [0.15, 0.2) is 0 Å². The molecular weight excluding hydrogens is 350 g/mol. The van der Waals surface area contributed by atoms with E-state index in [9.17, 15) is 4.79 Å². The summed E-state index contributed by atoms with van der Waals surface area (Å²) in [5.41, 5.74) is 6.36. The summed E-state index contributed by atoms with van der Waals surface area (Å²) in [5, 5.41) is 7.49. The highest BCUT2D eigenvalue weighted by molar-refractivity contribution is 6.04. The molecule has 1 heterocycles. The fourth-order valence-corrected chi connectivity index (χ4v) is 3.16. The first-order chi connectivity index (χ1) is 13.8. The second-order valence-electron chi connectivity index (χ2n) is 6.53. The molecule has 0 aromatic heterocycles. The molecule has 1 aliphatic heterocycles. The van der Waals surface area contributed by atoms with Crippen LogP contribution in [0, 0.1) is 0 Å². The van der Waals surface area contributed by atoms with Crippen LogP contribution in [0.5, 0.6) is 5.75 Å². The van der Waals surface area contributed by atoms with Crippen molar-refractivity contribution < 1.29 is 9.53 Å². The van der Waals surface area contributed by atoms with Crippen molar-refractivity contribution in [1.29, 1.82) is 0 Å². The summed E-state index contributed by atoms with van der Waals surface area (Å²) in [5.74, 6) is 0.578. The number of hydrazone groups is 1. The van der Waals surface area contributed by atoms with Gasteiger partial charge in [-0.1, -0.05) is 60.7 Å². The Kier molecular flexibility index (Phi) is 5.33. The van der Waals surface area contributed by atoms with Crippen LogP contribution in [0.3, 0.4) is 0 Å². The van der Waals surface area contributed by atoms with E-state index in [4.69, 9.17) is 4.74 Å². The minimum atomic E-state index is -0.198. The second kappa shape index (κ2) is 8.39. The number of amides is 1. The van der Waals surface area contributed by atoms with Gasteiger partial charge >= 0.3 is 0 Å². The Morgan fingerprint density at radius 3 is 2.39 bits per heavy atom. The molecular formula is C23H21N3O2. The number of benzene rings is 3. The van der Waals surface area contributed by atoms with Gasteiger partial charge in [-0.15, -0.1) is 0 Å².